The Labute approximate surface area is 119 Å². The third-order valence-corrected chi connectivity index (χ3v) is 3.49. The smallest absolute Gasteiger partial charge is 0.356 e. The number of carboxylic acids is 1. The molecule has 0 spiro atoms. The van der Waals surface area contributed by atoms with Crippen LogP contribution in [0.25, 0.3) is 0 Å². The molecule has 0 fully saturated rings. The van der Waals surface area contributed by atoms with Crippen LogP contribution in [0.1, 0.15) is 39.8 Å². The van der Waals surface area contributed by atoms with Gasteiger partial charge in [-0.15, -0.1) is 0 Å². The number of carboxylic acid groups (broad SMARTS) is 1. The standard InChI is InChI=1S/C14H13N3O4/c18-10-4-2-7-5-8(1-3-9(7)17-10)13(19)11-12(14(20)21)16-6-15-11/h1,3,5-6,13,19H,2,4H2,(H,15,16)(H,17,18)(H,20,21). The monoisotopic (exact) mass is 287 g/mol. The molecule has 2 heterocycles. The lowest BCUT2D eigenvalue weighted by atomic mass is 9.97. The number of nitrogens with one attached hydrogen (secondary N) is 2. The van der Waals surface area contributed by atoms with Gasteiger partial charge in [0.05, 0.1) is 12.0 Å². The topological polar surface area (TPSA) is 115 Å². The van der Waals surface area contributed by atoms with E-state index in [1.807, 2.05) is 0 Å². The fourth-order valence-electron chi connectivity index (χ4n) is 2.42. The van der Waals surface area contributed by atoms with Crippen LogP contribution in [-0.4, -0.2) is 32.1 Å². The molecule has 0 radical (unpaired) electrons. The summed E-state index contributed by atoms with van der Waals surface area (Å²) in [5.41, 5.74) is 2.14. The largest absolute Gasteiger partial charge is 0.476 e. The SMILES string of the molecule is O=C1CCc2cc(C(O)c3[nH]cnc3C(=O)O)ccc2N1. The third kappa shape index (κ3) is 2.38. The summed E-state index contributed by atoms with van der Waals surface area (Å²) in [5, 5.41) is 22.1. The van der Waals surface area contributed by atoms with Crippen molar-refractivity contribution in [3.63, 3.8) is 0 Å². The fraction of sp³-hybridized carbons (Fsp3) is 0.214. The van der Waals surface area contributed by atoms with Gasteiger partial charge >= 0.3 is 5.97 Å². The van der Waals surface area contributed by atoms with E-state index in [1.54, 1.807) is 18.2 Å². The van der Waals surface area contributed by atoms with Crippen molar-refractivity contribution in [2.24, 2.45) is 0 Å². The summed E-state index contributed by atoms with van der Waals surface area (Å²) in [4.78, 5) is 28.7. The van der Waals surface area contributed by atoms with Gasteiger partial charge in [0.25, 0.3) is 0 Å². The molecule has 1 aliphatic heterocycles. The number of carbonyl (C=O) groups excluding carboxylic acids is 1. The fourth-order valence-corrected chi connectivity index (χ4v) is 2.42. The van der Waals surface area contributed by atoms with Crippen molar-refractivity contribution in [3.05, 3.63) is 47.0 Å². The molecular weight excluding hydrogens is 274 g/mol. The molecule has 1 unspecified atom stereocenters. The van der Waals surface area contributed by atoms with Gasteiger partial charge in [0.2, 0.25) is 5.91 Å². The number of aromatic amines is 1. The first-order chi connectivity index (χ1) is 10.1. The Morgan fingerprint density at radius 1 is 1.33 bits per heavy atom. The van der Waals surface area contributed by atoms with Crippen LogP contribution in [0.2, 0.25) is 0 Å². The predicted molar refractivity (Wildman–Crippen MR) is 73.0 cm³/mol. The number of imidazole rings is 1. The molecule has 2 aromatic rings. The van der Waals surface area contributed by atoms with E-state index in [9.17, 15) is 14.7 Å². The second-order valence-corrected chi connectivity index (χ2v) is 4.84. The van der Waals surface area contributed by atoms with Gasteiger partial charge in [-0.1, -0.05) is 12.1 Å². The highest BCUT2D eigenvalue weighted by Crippen LogP contribution is 2.29. The van der Waals surface area contributed by atoms with Crippen LogP contribution in [0.5, 0.6) is 0 Å². The number of amides is 1. The van der Waals surface area contributed by atoms with Gasteiger partial charge in [-0.3, -0.25) is 4.79 Å². The minimum absolute atomic E-state index is 0.0301. The number of benzene rings is 1. The summed E-state index contributed by atoms with van der Waals surface area (Å²) >= 11 is 0. The molecule has 0 saturated carbocycles. The quantitative estimate of drug-likeness (QED) is 0.674. The van der Waals surface area contributed by atoms with Gasteiger partial charge in [0.15, 0.2) is 5.69 Å². The lowest BCUT2D eigenvalue weighted by Crippen LogP contribution is -2.19. The number of aryl methyl sites for hydroxylation is 1. The van der Waals surface area contributed by atoms with Gasteiger partial charge in [0.1, 0.15) is 6.10 Å². The van der Waals surface area contributed by atoms with E-state index in [2.05, 4.69) is 15.3 Å². The van der Waals surface area contributed by atoms with Crippen molar-refractivity contribution >= 4 is 17.6 Å². The molecule has 4 N–H and O–H groups in total. The van der Waals surface area contributed by atoms with Crippen LogP contribution in [-0.2, 0) is 11.2 Å². The van der Waals surface area contributed by atoms with Crippen LogP contribution in [0.4, 0.5) is 5.69 Å². The second kappa shape index (κ2) is 5.02. The number of nitrogens with zero attached hydrogens (tertiary/aromatic N) is 1. The Morgan fingerprint density at radius 2 is 2.14 bits per heavy atom. The Hall–Kier alpha value is -2.67. The first-order valence-electron chi connectivity index (χ1n) is 6.43. The summed E-state index contributed by atoms with van der Waals surface area (Å²) in [6.07, 6.45) is 1.12. The Morgan fingerprint density at radius 3 is 2.90 bits per heavy atom. The van der Waals surface area contributed by atoms with Gasteiger partial charge in [0, 0.05) is 12.1 Å². The Bertz CT molecular complexity index is 723. The highest BCUT2D eigenvalue weighted by atomic mass is 16.4. The number of carbonyl (C=O) groups is 2. The van der Waals surface area contributed by atoms with E-state index in [1.165, 1.54) is 6.33 Å². The van der Waals surface area contributed by atoms with Crippen molar-refractivity contribution in [2.75, 3.05) is 5.32 Å². The van der Waals surface area contributed by atoms with Gasteiger partial charge in [-0.2, -0.15) is 0 Å². The number of aliphatic hydroxyl groups is 1. The highest BCUT2D eigenvalue weighted by molar-refractivity contribution is 5.94. The number of fused-ring (bicyclic) bond motifs is 1. The van der Waals surface area contributed by atoms with Crippen molar-refractivity contribution in [2.45, 2.75) is 18.9 Å². The maximum absolute atomic E-state index is 11.3. The molecule has 7 nitrogen and oxygen atoms in total. The number of hydrogen-bond acceptors (Lipinski definition) is 4. The molecule has 1 aromatic heterocycles. The van der Waals surface area contributed by atoms with Gasteiger partial charge in [-0.25, -0.2) is 9.78 Å². The van der Waals surface area contributed by atoms with E-state index in [0.29, 0.717) is 18.4 Å². The van der Waals surface area contributed by atoms with E-state index >= 15 is 0 Å². The molecule has 0 bridgehead atoms. The van der Waals surface area contributed by atoms with Crippen molar-refractivity contribution in [1.82, 2.24) is 9.97 Å². The number of aliphatic hydroxyl groups excluding tert-OH is 1. The predicted octanol–water partition coefficient (Wildman–Crippen LogP) is 1.07. The number of hydrogen-bond donors (Lipinski definition) is 4. The van der Waals surface area contributed by atoms with Crippen LogP contribution in [0, 0.1) is 0 Å². The average Bonchev–Trinajstić information content (AvgIpc) is 2.95. The molecule has 0 saturated heterocycles. The summed E-state index contributed by atoms with van der Waals surface area (Å²) in [7, 11) is 0. The first-order valence-corrected chi connectivity index (χ1v) is 6.43. The third-order valence-electron chi connectivity index (χ3n) is 3.49. The van der Waals surface area contributed by atoms with Crippen LogP contribution in [0.3, 0.4) is 0 Å². The molecule has 21 heavy (non-hydrogen) atoms. The molecule has 1 amide bonds. The van der Waals surface area contributed by atoms with E-state index < -0.39 is 12.1 Å². The summed E-state index contributed by atoms with van der Waals surface area (Å²) in [5.74, 6) is -1.23. The number of H-pyrrole nitrogens is 1. The Balaban J connectivity index is 1.95. The zero-order valence-corrected chi connectivity index (χ0v) is 11.0. The average molecular weight is 287 g/mol. The number of rotatable bonds is 3. The summed E-state index contributed by atoms with van der Waals surface area (Å²) in [6.45, 7) is 0. The summed E-state index contributed by atoms with van der Waals surface area (Å²) < 4.78 is 0. The minimum atomic E-state index is -1.20. The van der Waals surface area contributed by atoms with E-state index in [0.717, 1.165) is 11.3 Å². The number of aromatic nitrogens is 2. The highest BCUT2D eigenvalue weighted by Gasteiger charge is 2.23. The minimum Gasteiger partial charge on any atom is -0.476 e. The van der Waals surface area contributed by atoms with Crippen LogP contribution < -0.4 is 5.32 Å². The number of anilines is 1. The Kier molecular flexibility index (Phi) is 3.19. The van der Waals surface area contributed by atoms with Crippen molar-refractivity contribution in [3.8, 4) is 0 Å². The first kappa shape index (κ1) is 13.3. The number of aromatic carboxylic acids is 1. The second-order valence-electron chi connectivity index (χ2n) is 4.84. The molecule has 3 rings (SSSR count). The van der Waals surface area contributed by atoms with E-state index in [-0.39, 0.29) is 17.3 Å². The molecule has 108 valence electrons. The lowest BCUT2D eigenvalue weighted by Gasteiger charge is -2.19. The molecule has 0 aliphatic carbocycles. The summed E-state index contributed by atoms with van der Waals surface area (Å²) in [6, 6.07) is 5.13. The molecule has 7 heteroatoms. The van der Waals surface area contributed by atoms with Crippen LogP contribution in [0.15, 0.2) is 24.5 Å². The molecule has 1 aliphatic rings. The van der Waals surface area contributed by atoms with Crippen molar-refractivity contribution in [1.29, 1.82) is 0 Å². The van der Waals surface area contributed by atoms with Gasteiger partial charge in [-0.05, 0) is 23.6 Å². The maximum atomic E-state index is 11.3. The van der Waals surface area contributed by atoms with Crippen LogP contribution >= 0.6 is 0 Å². The van der Waals surface area contributed by atoms with Gasteiger partial charge < -0.3 is 20.5 Å². The van der Waals surface area contributed by atoms with Crippen molar-refractivity contribution < 1.29 is 19.8 Å². The normalized spacial score (nSPS) is 15.2. The molecular formula is C14H13N3O4. The van der Waals surface area contributed by atoms with E-state index in [4.69, 9.17) is 5.11 Å². The zero-order valence-electron chi connectivity index (χ0n) is 11.0. The molecule has 1 atom stereocenters. The lowest BCUT2D eigenvalue weighted by molar-refractivity contribution is -0.116. The molecule has 1 aromatic carbocycles. The maximum Gasteiger partial charge on any atom is 0.356 e. The zero-order chi connectivity index (χ0) is 15.0.